The van der Waals surface area contributed by atoms with Crippen molar-refractivity contribution in [3.8, 4) is 28.3 Å². The van der Waals surface area contributed by atoms with Crippen LogP contribution in [0.15, 0.2) is 66.9 Å². The number of hydrogen-bond donors (Lipinski definition) is 2. The van der Waals surface area contributed by atoms with Gasteiger partial charge in [0.1, 0.15) is 11.4 Å². The summed E-state index contributed by atoms with van der Waals surface area (Å²) in [4.78, 5) is 0. The van der Waals surface area contributed by atoms with Crippen LogP contribution in [0.5, 0.6) is 11.5 Å². The molecule has 0 amide bonds. The third-order valence-electron chi connectivity index (χ3n) is 3.95. The fourth-order valence-corrected chi connectivity index (χ4v) is 2.74. The zero-order valence-electron chi connectivity index (χ0n) is 12.5. The number of phenols is 2. The Hall–Kier alpha value is -3.34. The third kappa shape index (κ3) is 2.27. The van der Waals surface area contributed by atoms with Crippen molar-refractivity contribution in [1.29, 1.82) is 0 Å². The van der Waals surface area contributed by atoms with E-state index in [0.717, 1.165) is 11.1 Å². The van der Waals surface area contributed by atoms with Gasteiger partial charge in [0.15, 0.2) is 11.6 Å². The third-order valence-corrected chi connectivity index (χ3v) is 3.95. The summed E-state index contributed by atoms with van der Waals surface area (Å²) in [6.07, 6.45) is 1.49. The van der Waals surface area contributed by atoms with E-state index in [9.17, 15) is 14.6 Å². The molecule has 0 bridgehead atoms. The van der Waals surface area contributed by atoms with Crippen LogP contribution >= 0.6 is 0 Å². The monoisotopic (exact) mass is 320 g/mol. The van der Waals surface area contributed by atoms with E-state index in [1.165, 1.54) is 23.0 Å². The van der Waals surface area contributed by atoms with Crippen molar-refractivity contribution >= 4 is 10.9 Å². The molecule has 0 fully saturated rings. The van der Waals surface area contributed by atoms with E-state index in [0.29, 0.717) is 16.6 Å². The van der Waals surface area contributed by atoms with Gasteiger partial charge in [-0.2, -0.15) is 5.10 Å². The first-order valence-electron chi connectivity index (χ1n) is 7.38. The minimum atomic E-state index is -0.703. The normalized spacial score (nSPS) is 11.0. The minimum Gasteiger partial charge on any atom is -0.506 e. The van der Waals surface area contributed by atoms with Crippen LogP contribution in [0.3, 0.4) is 0 Å². The van der Waals surface area contributed by atoms with Gasteiger partial charge in [0.25, 0.3) is 0 Å². The molecule has 0 atom stereocenters. The Balaban J connectivity index is 1.84. The van der Waals surface area contributed by atoms with Crippen molar-refractivity contribution < 1.29 is 14.6 Å². The lowest BCUT2D eigenvalue weighted by Gasteiger charge is -2.09. The van der Waals surface area contributed by atoms with Crippen LogP contribution < -0.4 is 0 Å². The average molecular weight is 320 g/mol. The van der Waals surface area contributed by atoms with Crippen molar-refractivity contribution in [2.45, 2.75) is 0 Å². The quantitative estimate of drug-likeness (QED) is 0.581. The molecule has 0 saturated carbocycles. The molecule has 118 valence electrons. The first kappa shape index (κ1) is 14.3. The fraction of sp³-hybridized carbons (Fsp3) is 0. The lowest BCUT2D eigenvalue weighted by molar-refractivity contribution is 0.433. The summed E-state index contributed by atoms with van der Waals surface area (Å²) in [6, 6.07) is 17.5. The van der Waals surface area contributed by atoms with E-state index < -0.39 is 11.6 Å². The molecule has 5 heteroatoms. The Bertz CT molecular complexity index is 1040. The molecule has 0 spiro atoms. The van der Waals surface area contributed by atoms with Gasteiger partial charge in [-0.05, 0) is 29.3 Å². The molecule has 0 aliphatic heterocycles. The molecule has 0 saturated heterocycles. The lowest BCUT2D eigenvalue weighted by Crippen LogP contribution is -1.97. The Morgan fingerprint density at radius 3 is 2.38 bits per heavy atom. The largest absolute Gasteiger partial charge is 0.506 e. The molecule has 4 rings (SSSR count). The second-order valence-electron chi connectivity index (χ2n) is 5.49. The van der Waals surface area contributed by atoms with Crippen LogP contribution in [0.4, 0.5) is 4.39 Å². The van der Waals surface area contributed by atoms with Gasteiger partial charge in [-0.1, -0.05) is 36.4 Å². The molecule has 24 heavy (non-hydrogen) atoms. The van der Waals surface area contributed by atoms with Gasteiger partial charge in [0.05, 0.1) is 11.7 Å². The summed E-state index contributed by atoms with van der Waals surface area (Å²) in [6.45, 7) is 0. The summed E-state index contributed by atoms with van der Waals surface area (Å²) in [5.74, 6) is -1.11. The summed E-state index contributed by atoms with van der Waals surface area (Å²) < 4.78 is 14.9. The number of aromatic nitrogens is 2. The highest BCUT2D eigenvalue weighted by molar-refractivity contribution is 5.82. The zero-order chi connectivity index (χ0) is 16.7. The molecular weight excluding hydrogens is 307 g/mol. The van der Waals surface area contributed by atoms with Crippen molar-refractivity contribution in [2.75, 3.05) is 0 Å². The van der Waals surface area contributed by atoms with E-state index in [-0.39, 0.29) is 5.75 Å². The van der Waals surface area contributed by atoms with E-state index >= 15 is 0 Å². The first-order chi connectivity index (χ1) is 11.6. The molecular formula is C19H13FN2O2. The number of benzene rings is 3. The van der Waals surface area contributed by atoms with Gasteiger partial charge in [-0.25, -0.2) is 9.07 Å². The second kappa shape index (κ2) is 5.38. The Morgan fingerprint density at radius 2 is 1.62 bits per heavy atom. The van der Waals surface area contributed by atoms with Crippen molar-refractivity contribution in [2.24, 2.45) is 0 Å². The number of phenolic OH excluding ortho intramolecular Hbond substituents is 2. The Kier molecular flexibility index (Phi) is 3.20. The topological polar surface area (TPSA) is 58.3 Å². The predicted molar refractivity (Wildman–Crippen MR) is 89.8 cm³/mol. The Labute approximate surface area is 137 Å². The van der Waals surface area contributed by atoms with Crippen LogP contribution in [-0.2, 0) is 0 Å². The average Bonchev–Trinajstić information content (AvgIpc) is 2.98. The fourth-order valence-electron chi connectivity index (χ4n) is 2.74. The summed E-state index contributed by atoms with van der Waals surface area (Å²) >= 11 is 0. The SMILES string of the molecule is Oc1cc2c(cnn2-c2ccc(-c3ccccc3)cc2O)cc1F. The van der Waals surface area contributed by atoms with Crippen LogP contribution in [-0.4, -0.2) is 20.0 Å². The number of fused-ring (bicyclic) bond motifs is 1. The van der Waals surface area contributed by atoms with Crippen molar-refractivity contribution in [1.82, 2.24) is 9.78 Å². The van der Waals surface area contributed by atoms with Gasteiger partial charge in [-0.3, -0.25) is 0 Å². The maximum atomic E-state index is 13.4. The van der Waals surface area contributed by atoms with Gasteiger partial charge in [0, 0.05) is 11.5 Å². The predicted octanol–water partition coefficient (Wildman–Crippen LogP) is 4.24. The molecule has 2 N–H and O–H groups in total. The summed E-state index contributed by atoms with van der Waals surface area (Å²) in [7, 11) is 0. The van der Waals surface area contributed by atoms with Crippen LogP contribution in [0.25, 0.3) is 27.7 Å². The second-order valence-corrected chi connectivity index (χ2v) is 5.49. The molecule has 4 nitrogen and oxygen atoms in total. The summed E-state index contributed by atoms with van der Waals surface area (Å²) in [5, 5.41) is 24.7. The number of hydrogen-bond acceptors (Lipinski definition) is 3. The van der Waals surface area contributed by atoms with Crippen LogP contribution in [0.2, 0.25) is 0 Å². The molecule has 4 aromatic rings. The highest BCUT2D eigenvalue weighted by Crippen LogP contribution is 2.32. The maximum Gasteiger partial charge on any atom is 0.165 e. The van der Waals surface area contributed by atoms with Crippen LogP contribution in [0.1, 0.15) is 0 Å². The van der Waals surface area contributed by atoms with E-state index in [2.05, 4.69) is 5.10 Å². The number of nitrogens with zero attached hydrogens (tertiary/aromatic N) is 2. The standard InChI is InChI=1S/C19H13FN2O2/c20-15-8-14-11-21-22(17(14)10-18(15)23)16-7-6-13(9-19(16)24)12-4-2-1-3-5-12/h1-11,23-24H. The first-order valence-corrected chi connectivity index (χ1v) is 7.38. The number of aromatic hydroxyl groups is 2. The Morgan fingerprint density at radius 1 is 0.833 bits per heavy atom. The highest BCUT2D eigenvalue weighted by Gasteiger charge is 2.13. The molecule has 0 aliphatic rings. The summed E-state index contributed by atoms with van der Waals surface area (Å²) in [5.41, 5.74) is 2.83. The molecule has 0 unspecified atom stereocenters. The van der Waals surface area contributed by atoms with Gasteiger partial charge >= 0.3 is 0 Å². The molecule has 0 aliphatic carbocycles. The van der Waals surface area contributed by atoms with Gasteiger partial charge in [0.2, 0.25) is 0 Å². The maximum absolute atomic E-state index is 13.4. The van der Waals surface area contributed by atoms with E-state index in [1.54, 1.807) is 12.1 Å². The zero-order valence-corrected chi connectivity index (χ0v) is 12.5. The van der Waals surface area contributed by atoms with Crippen LogP contribution in [0, 0.1) is 5.82 Å². The molecule has 0 radical (unpaired) electrons. The van der Waals surface area contributed by atoms with Crippen molar-refractivity contribution in [3.63, 3.8) is 0 Å². The van der Waals surface area contributed by atoms with Gasteiger partial charge < -0.3 is 10.2 Å². The minimum absolute atomic E-state index is 0.0465. The molecule has 1 heterocycles. The van der Waals surface area contributed by atoms with E-state index in [1.807, 2.05) is 36.4 Å². The van der Waals surface area contributed by atoms with E-state index in [4.69, 9.17) is 0 Å². The van der Waals surface area contributed by atoms with Gasteiger partial charge in [-0.15, -0.1) is 0 Å². The lowest BCUT2D eigenvalue weighted by atomic mass is 10.0. The number of halogens is 1. The molecule has 3 aromatic carbocycles. The smallest absolute Gasteiger partial charge is 0.165 e. The number of rotatable bonds is 2. The highest BCUT2D eigenvalue weighted by atomic mass is 19.1. The molecule has 1 aromatic heterocycles. The van der Waals surface area contributed by atoms with Crippen molar-refractivity contribution in [3.05, 3.63) is 72.7 Å².